The Bertz CT molecular complexity index is 628. The van der Waals surface area contributed by atoms with E-state index >= 15 is 0 Å². The molecule has 20 heavy (non-hydrogen) atoms. The van der Waals surface area contributed by atoms with Gasteiger partial charge >= 0.3 is 0 Å². The summed E-state index contributed by atoms with van der Waals surface area (Å²) >= 11 is 0. The van der Waals surface area contributed by atoms with Gasteiger partial charge in [0.25, 0.3) is 0 Å². The van der Waals surface area contributed by atoms with E-state index in [0.717, 1.165) is 25.7 Å². The summed E-state index contributed by atoms with van der Waals surface area (Å²) in [6.07, 6.45) is 3.95. The highest BCUT2D eigenvalue weighted by atomic mass is 32.2. The van der Waals surface area contributed by atoms with Crippen molar-refractivity contribution in [2.75, 3.05) is 12.3 Å². The molecule has 0 heterocycles. The predicted octanol–water partition coefficient (Wildman–Crippen LogP) is 2.09. The molecule has 0 aromatic heterocycles. The smallest absolute Gasteiger partial charge is 0.245 e. The minimum Gasteiger partial charge on any atom is -0.398 e. The summed E-state index contributed by atoms with van der Waals surface area (Å²) in [4.78, 5) is 0.102. The van der Waals surface area contributed by atoms with Gasteiger partial charge in [0.05, 0.1) is 17.3 Å². The van der Waals surface area contributed by atoms with Crippen molar-refractivity contribution < 1.29 is 8.42 Å². The molecule has 2 N–H and O–H groups in total. The molecular weight excluding hydrogens is 274 g/mol. The molecule has 0 atom stereocenters. The van der Waals surface area contributed by atoms with E-state index in [4.69, 9.17) is 11.0 Å². The molecule has 0 amide bonds. The fourth-order valence-corrected chi connectivity index (χ4v) is 4.59. The van der Waals surface area contributed by atoms with E-state index in [1.807, 2.05) is 13.0 Å². The lowest BCUT2D eigenvalue weighted by Gasteiger charge is -2.27. The van der Waals surface area contributed by atoms with Crippen molar-refractivity contribution in [2.45, 2.75) is 43.5 Å². The molecule has 1 aromatic carbocycles. The van der Waals surface area contributed by atoms with E-state index in [1.165, 1.54) is 22.5 Å². The summed E-state index contributed by atoms with van der Waals surface area (Å²) in [6, 6.07) is 6.36. The van der Waals surface area contributed by atoms with Gasteiger partial charge in [-0.15, -0.1) is 0 Å². The van der Waals surface area contributed by atoms with Gasteiger partial charge in [0, 0.05) is 12.6 Å². The molecule has 6 heteroatoms. The highest BCUT2D eigenvalue weighted by Gasteiger charge is 2.33. The van der Waals surface area contributed by atoms with Crippen molar-refractivity contribution >= 4 is 15.7 Å². The van der Waals surface area contributed by atoms with Gasteiger partial charge in [-0.3, -0.25) is 0 Å². The highest BCUT2D eigenvalue weighted by molar-refractivity contribution is 7.89. The summed E-state index contributed by atoms with van der Waals surface area (Å²) < 4.78 is 27.0. The maximum atomic E-state index is 12.7. The van der Waals surface area contributed by atoms with Gasteiger partial charge in [-0.25, -0.2) is 8.42 Å². The van der Waals surface area contributed by atoms with Crippen LogP contribution < -0.4 is 5.73 Å². The molecule has 1 saturated carbocycles. The minimum atomic E-state index is -3.59. The monoisotopic (exact) mass is 293 g/mol. The number of rotatable bonds is 4. The van der Waals surface area contributed by atoms with Crippen molar-refractivity contribution in [1.82, 2.24) is 4.31 Å². The number of nitrogen functional groups attached to an aromatic ring is 1. The van der Waals surface area contributed by atoms with Crippen molar-refractivity contribution in [2.24, 2.45) is 0 Å². The molecule has 0 saturated heterocycles. The second kappa shape index (κ2) is 5.81. The molecule has 1 aliphatic carbocycles. The summed E-state index contributed by atoms with van der Waals surface area (Å²) in [5.74, 6) is 0. The van der Waals surface area contributed by atoms with Gasteiger partial charge in [-0.1, -0.05) is 19.8 Å². The van der Waals surface area contributed by atoms with Crippen LogP contribution in [0, 0.1) is 11.3 Å². The Morgan fingerprint density at radius 3 is 2.55 bits per heavy atom. The average molecular weight is 293 g/mol. The van der Waals surface area contributed by atoms with Crippen LogP contribution in [0.25, 0.3) is 0 Å². The first-order valence-corrected chi connectivity index (χ1v) is 8.26. The first kappa shape index (κ1) is 14.8. The number of nitrogens with two attached hydrogens (primary N) is 1. The van der Waals surface area contributed by atoms with Gasteiger partial charge in [-0.2, -0.15) is 9.57 Å². The predicted molar refractivity (Wildman–Crippen MR) is 77.4 cm³/mol. The molecular formula is C14H19N3O2S. The Labute approximate surface area is 120 Å². The van der Waals surface area contributed by atoms with E-state index in [2.05, 4.69) is 0 Å². The number of anilines is 1. The molecule has 0 spiro atoms. The summed E-state index contributed by atoms with van der Waals surface area (Å²) in [6.45, 7) is 2.28. The number of benzene rings is 1. The molecule has 1 fully saturated rings. The maximum Gasteiger partial charge on any atom is 0.245 e. The Morgan fingerprint density at radius 1 is 1.40 bits per heavy atom. The lowest BCUT2D eigenvalue weighted by molar-refractivity contribution is 0.335. The SMILES string of the molecule is CCN(C1CCCC1)S(=O)(=O)c1ccc(C#N)cc1N. The van der Waals surface area contributed by atoms with Crippen LogP contribution in [0.15, 0.2) is 23.1 Å². The zero-order chi connectivity index (χ0) is 14.8. The minimum absolute atomic E-state index is 0.0695. The molecule has 0 radical (unpaired) electrons. The van der Waals surface area contributed by atoms with Gasteiger partial charge in [0.1, 0.15) is 4.90 Å². The summed E-state index contributed by atoms with van der Waals surface area (Å²) in [5, 5.41) is 8.82. The number of nitrogens with zero attached hydrogens (tertiary/aromatic N) is 2. The normalized spacial score (nSPS) is 16.4. The number of nitriles is 1. The fourth-order valence-electron chi connectivity index (χ4n) is 2.80. The van der Waals surface area contributed by atoms with Gasteiger partial charge in [0.15, 0.2) is 0 Å². The Morgan fingerprint density at radius 2 is 2.05 bits per heavy atom. The molecule has 5 nitrogen and oxygen atoms in total. The van der Waals surface area contributed by atoms with Crippen LogP contribution in [0.2, 0.25) is 0 Å². The van der Waals surface area contributed by atoms with Crippen LogP contribution in [-0.2, 0) is 10.0 Å². The van der Waals surface area contributed by atoms with Crippen molar-refractivity contribution in [3.8, 4) is 6.07 Å². The van der Waals surface area contributed by atoms with Gasteiger partial charge in [-0.05, 0) is 31.0 Å². The maximum absolute atomic E-state index is 12.7. The topological polar surface area (TPSA) is 87.2 Å². The van der Waals surface area contributed by atoms with Crippen LogP contribution in [-0.4, -0.2) is 25.3 Å². The van der Waals surface area contributed by atoms with E-state index in [9.17, 15) is 8.42 Å². The Hall–Kier alpha value is -1.58. The molecule has 0 unspecified atom stereocenters. The lowest BCUT2D eigenvalue weighted by atomic mass is 10.2. The van der Waals surface area contributed by atoms with Gasteiger partial charge < -0.3 is 5.73 Å². The first-order chi connectivity index (χ1) is 9.50. The van der Waals surface area contributed by atoms with Crippen molar-refractivity contribution in [1.29, 1.82) is 5.26 Å². The third-order valence-corrected chi connectivity index (χ3v) is 5.87. The van der Waals surface area contributed by atoms with Crippen molar-refractivity contribution in [3.63, 3.8) is 0 Å². The number of hydrogen-bond donors (Lipinski definition) is 1. The Balaban J connectivity index is 2.40. The van der Waals surface area contributed by atoms with Crippen LogP contribution in [0.3, 0.4) is 0 Å². The highest BCUT2D eigenvalue weighted by Crippen LogP contribution is 2.30. The number of sulfonamides is 1. The fraction of sp³-hybridized carbons (Fsp3) is 0.500. The molecule has 1 aliphatic rings. The third-order valence-electron chi connectivity index (χ3n) is 3.77. The lowest BCUT2D eigenvalue weighted by Crippen LogP contribution is -2.38. The van der Waals surface area contributed by atoms with Crippen LogP contribution in [0.4, 0.5) is 5.69 Å². The van der Waals surface area contributed by atoms with Crippen molar-refractivity contribution in [3.05, 3.63) is 23.8 Å². The van der Waals surface area contributed by atoms with Crippen LogP contribution >= 0.6 is 0 Å². The molecule has 0 aliphatic heterocycles. The second-order valence-corrected chi connectivity index (χ2v) is 6.87. The zero-order valence-electron chi connectivity index (χ0n) is 11.5. The molecule has 108 valence electrons. The van der Waals surface area contributed by atoms with E-state index < -0.39 is 10.0 Å². The molecule has 1 aromatic rings. The Kier molecular flexibility index (Phi) is 4.31. The summed E-state index contributed by atoms with van der Waals surface area (Å²) in [5.41, 5.74) is 6.32. The van der Waals surface area contributed by atoms with E-state index in [1.54, 1.807) is 0 Å². The first-order valence-electron chi connectivity index (χ1n) is 6.82. The van der Waals surface area contributed by atoms with Crippen LogP contribution in [0.1, 0.15) is 38.2 Å². The molecule has 2 rings (SSSR count). The van der Waals surface area contributed by atoms with Crippen LogP contribution in [0.5, 0.6) is 0 Å². The summed E-state index contributed by atoms with van der Waals surface area (Å²) in [7, 11) is -3.59. The van der Waals surface area contributed by atoms with E-state index in [-0.39, 0.29) is 16.6 Å². The second-order valence-electron chi connectivity index (χ2n) is 5.01. The standard InChI is InChI=1S/C14H19N3O2S/c1-2-17(12-5-3-4-6-12)20(18,19)14-8-7-11(10-15)9-13(14)16/h7-9,12H,2-6,16H2,1H3. The van der Waals surface area contributed by atoms with E-state index in [0.29, 0.717) is 12.1 Å². The largest absolute Gasteiger partial charge is 0.398 e. The molecule has 0 bridgehead atoms. The quantitative estimate of drug-likeness (QED) is 0.861. The average Bonchev–Trinajstić information content (AvgIpc) is 2.92. The van der Waals surface area contributed by atoms with Gasteiger partial charge in [0.2, 0.25) is 10.0 Å². The number of hydrogen-bond acceptors (Lipinski definition) is 4. The third kappa shape index (κ3) is 2.65. The zero-order valence-corrected chi connectivity index (χ0v) is 12.4.